The lowest BCUT2D eigenvalue weighted by Gasteiger charge is -2.15. The van der Waals surface area contributed by atoms with E-state index >= 15 is 0 Å². The van der Waals surface area contributed by atoms with Gasteiger partial charge in [-0.2, -0.15) is 0 Å². The number of carboxylic acid groups (broad SMARTS) is 2. The monoisotopic (exact) mass is 370 g/mol. The first-order valence-corrected chi connectivity index (χ1v) is 8.09. The lowest BCUT2D eigenvalue weighted by Crippen LogP contribution is -2.09. The smallest absolute Gasteiger partial charge is 0.337 e. The fourth-order valence-electron chi connectivity index (χ4n) is 2.99. The largest absolute Gasteiger partial charge is 0.478 e. The number of hydrogen-bond donors (Lipinski definition) is 2. The third-order valence-corrected chi connectivity index (χ3v) is 4.48. The van der Waals surface area contributed by atoms with Gasteiger partial charge in [-0.3, -0.25) is 4.98 Å². The van der Waals surface area contributed by atoms with Crippen LogP contribution in [0.5, 0.6) is 0 Å². The summed E-state index contributed by atoms with van der Waals surface area (Å²) < 4.78 is 1.97. The topological polar surface area (TPSA) is 92.4 Å². The molecule has 6 nitrogen and oxygen atoms in total. The summed E-state index contributed by atoms with van der Waals surface area (Å²) in [6.07, 6.45) is 2.25. The Balaban J connectivity index is 2.34. The number of aromatic carboxylic acids is 2. The number of halogens is 1. The quantitative estimate of drug-likeness (QED) is 0.717. The Bertz CT molecular complexity index is 988. The Morgan fingerprint density at radius 2 is 1.50 bits per heavy atom. The molecule has 0 unspecified atom stereocenters. The maximum atomic E-state index is 11.6. The number of hydrogen-bond acceptors (Lipinski definition) is 3. The second kappa shape index (κ2) is 6.65. The van der Waals surface area contributed by atoms with E-state index in [4.69, 9.17) is 11.6 Å². The van der Waals surface area contributed by atoms with Crippen molar-refractivity contribution in [2.75, 3.05) is 0 Å². The van der Waals surface area contributed by atoms with Gasteiger partial charge in [0.15, 0.2) is 0 Å². The predicted molar refractivity (Wildman–Crippen MR) is 97.4 cm³/mol. The van der Waals surface area contributed by atoms with Crippen molar-refractivity contribution in [3.05, 3.63) is 70.3 Å². The Labute approximate surface area is 154 Å². The molecule has 0 fully saturated rings. The average Bonchev–Trinajstić information content (AvgIpc) is 2.93. The van der Waals surface area contributed by atoms with Crippen LogP contribution in [0, 0.1) is 13.8 Å². The van der Waals surface area contributed by atoms with Gasteiger partial charge in [0.05, 0.1) is 11.1 Å². The zero-order valence-electron chi connectivity index (χ0n) is 14.0. The van der Waals surface area contributed by atoms with Crippen LogP contribution in [-0.2, 0) is 0 Å². The normalized spacial score (nSPS) is 10.7. The van der Waals surface area contributed by atoms with Crippen LogP contribution in [0.25, 0.3) is 16.8 Å². The molecule has 0 spiro atoms. The van der Waals surface area contributed by atoms with Crippen molar-refractivity contribution in [1.82, 2.24) is 9.55 Å². The van der Waals surface area contributed by atoms with E-state index in [-0.39, 0.29) is 21.7 Å². The molecule has 0 aliphatic rings. The summed E-state index contributed by atoms with van der Waals surface area (Å²) in [6.45, 7) is 3.89. The molecule has 2 heterocycles. The van der Waals surface area contributed by atoms with Crippen molar-refractivity contribution in [3.8, 4) is 16.8 Å². The van der Waals surface area contributed by atoms with Crippen LogP contribution in [-0.4, -0.2) is 31.7 Å². The second-order valence-electron chi connectivity index (χ2n) is 5.84. The van der Waals surface area contributed by atoms with Gasteiger partial charge in [-0.1, -0.05) is 11.6 Å². The fraction of sp³-hybridized carbons (Fsp3) is 0.105. The predicted octanol–water partition coefficient (Wildman–Crippen LogP) is 4.21. The van der Waals surface area contributed by atoms with Gasteiger partial charge >= 0.3 is 11.9 Å². The highest BCUT2D eigenvalue weighted by Crippen LogP contribution is 2.35. The highest BCUT2D eigenvalue weighted by atomic mass is 35.5. The minimum atomic E-state index is -1.27. The molecule has 3 rings (SSSR count). The molecule has 0 bridgehead atoms. The molecule has 7 heteroatoms. The van der Waals surface area contributed by atoms with Crippen molar-refractivity contribution in [2.45, 2.75) is 13.8 Å². The van der Waals surface area contributed by atoms with Gasteiger partial charge in [-0.15, -0.1) is 0 Å². The number of carbonyl (C=O) groups is 2. The van der Waals surface area contributed by atoms with E-state index < -0.39 is 11.9 Å². The van der Waals surface area contributed by atoms with Crippen LogP contribution in [0.2, 0.25) is 5.02 Å². The zero-order chi connectivity index (χ0) is 19.0. The first-order valence-electron chi connectivity index (χ1n) is 7.71. The summed E-state index contributed by atoms with van der Waals surface area (Å²) in [5, 5.41) is 19.2. The van der Waals surface area contributed by atoms with Crippen molar-refractivity contribution in [1.29, 1.82) is 0 Å². The maximum Gasteiger partial charge on any atom is 0.337 e. The molecule has 0 aliphatic carbocycles. The molecule has 0 radical (unpaired) electrons. The van der Waals surface area contributed by atoms with E-state index in [9.17, 15) is 19.8 Å². The summed E-state index contributed by atoms with van der Waals surface area (Å²) in [5.41, 5.74) is 2.66. The van der Waals surface area contributed by atoms with Crippen molar-refractivity contribution >= 4 is 23.5 Å². The van der Waals surface area contributed by atoms with Crippen molar-refractivity contribution in [2.24, 2.45) is 0 Å². The molecule has 2 N–H and O–H groups in total. The van der Waals surface area contributed by atoms with Crippen LogP contribution in [0.1, 0.15) is 32.1 Å². The maximum absolute atomic E-state index is 11.6. The van der Waals surface area contributed by atoms with E-state index in [1.807, 2.05) is 30.5 Å². The third-order valence-electron chi connectivity index (χ3n) is 4.16. The first-order chi connectivity index (χ1) is 12.3. The van der Waals surface area contributed by atoms with Crippen LogP contribution >= 0.6 is 11.6 Å². The zero-order valence-corrected chi connectivity index (χ0v) is 14.8. The summed E-state index contributed by atoms with van der Waals surface area (Å²) in [5.74, 6) is -2.55. The van der Waals surface area contributed by atoms with Gasteiger partial charge in [0.1, 0.15) is 0 Å². The molecule has 1 aromatic carbocycles. The van der Waals surface area contributed by atoms with Gasteiger partial charge in [0.2, 0.25) is 0 Å². The number of carboxylic acids is 2. The van der Waals surface area contributed by atoms with Crippen LogP contribution in [0.15, 0.2) is 42.7 Å². The highest BCUT2D eigenvalue weighted by Gasteiger charge is 2.23. The Kier molecular flexibility index (Phi) is 4.52. The number of aromatic nitrogens is 2. The molecule has 26 heavy (non-hydrogen) atoms. The molecule has 2 aromatic heterocycles. The SMILES string of the molecule is Cc1ccc(C)n1-c1ccc(Cl)c(-c2c(C(=O)O)cncc2C(=O)O)c1. The molecular weight excluding hydrogens is 356 g/mol. The molecule has 0 saturated heterocycles. The molecule has 0 saturated carbocycles. The second-order valence-corrected chi connectivity index (χ2v) is 6.24. The van der Waals surface area contributed by atoms with E-state index in [1.54, 1.807) is 18.2 Å². The van der Waals surface area contributed by atoms with Gasteiger partial charge < -0.3 is 14.8 Å². The van der Waals surface area contributed by atoms with Crippen LogP contribution in [0.4, 0.5) is 0 Å². The average molecular weight is 371 g/mol. The van der Waals surface area contributed by atoms with E-state index in [2.05, 4.69) is 4.98 Å². The Morgan fingerprint density at radius 3 is 2.00 bits per heavy atom. The minimum Gasteiger partial charge on any atom is -0.478 e. The summed E-state index contributed by atoms with van der Waals surface area (Å²) >= 11 is 6.31. The number of pyridine rings is 1. The van der Waals surface area contributed by atoms with E-state index in [0.717, 1.165) is 29.5 Å². The number of nitrogens with zero attached hydrogens (tertiary/aromatic N) is 2. The summed E-state index contributed by atoms with van der Waals surface area (Å²) in [6, 6.07) is 9.04. The molecule has 0 amide bonds. The lowest BCUT2D eigenvalue weighted by atomic mass is 9.96. The highest BCUT2D eigenvalue weighted by molar-refractivity contribution is 6.34. The summed E-state index contributed by atoms with van der Waals surface area (Å²) in [4.78, 5) is 27.0. The lowest BCUT2D eigenvalue weighted by molar-refractivity contribution is 0.0696. The minimum absolute atomic E-state index is 0.0364. The fourth-order valence-corrected chi connectivity index (χ4v) is 3.21. The van der Waals surface area contributed by atoms with Crippen molar-refractivity contribution in [3.63, 3.8) is 0 Å². The Hall–Kier alpha value is -3.12. The summed E-state index contributed by atoms with van der Waals surface area (Å²) in [7, 11) is 0. The van der Waals surface area contributed by atoms with Gasteiger partial charge in [0, 0.05) is 45.6 Å². The standard InChI is InChI=1S/C19H15ClN2O4/c1-10-3-4-11(2)22(10)12-5-6-16(20)13(7-12)17-14(18(23)24)8-21-9-15(17)19(25)26/h3-9H,1-2H3,(H,23,24)(H,25,26). The van der Waals surface area contributed by atoms with E-state index in [0.29, 0.717) is 5.56 Å². The number of rotatable bonds is 4. The Morgan fingerprint density at radius 1 is 0.962 bits per heavy atom. The van der Waals surface area contributed by atoms with Gasteiger partial charge in [-0.05, 0) is 44.2 Å². The van der Waals surface area contributed by atoms with Gasteiger partial charge in [-0.25, -0.2) is 9.59 Å². The number of benzene rings is 1. The van der Waals surface area contributed by atoms with Crippen LogP contribution < -0.4 is 0 Å². The molecular formula is C19H15ClN2O4. The number of aryl methyl sites for hydroxylation is 2. The molecule has 0 aliphatic heterocycles. The first kappa shape index (κ1) is 17.7. The van der Waals surface area contributed by atoms with Crippen molar-refractivity contribution < 1.29 is 19.8 Å². The van der Waals surface area contributed by atoms with Gasteiger partial charge in [0.25, 0.3) is 0 Å². The van der Waals surface area contributed by atoms with E-state index in [1.165, 1.54) is 0 Å². The third kappa shape index (κ3) is 2.95. The molecule has 0 atom stereocenters. The molecule has 3 aromatic rings. The molecule has 132 valence electrons. The van der Waals surface area contributed by atoms with Crippen LogP contribution in [0.3, 0.4) is 0 Å².